The van der Waals surface area contributed by atoms with E-state index >= 15 is 0 Å². The molecular formula is C20H20IN3O3S. The number of para-hydroxylation sites is 1. The summed E-state index contributed by atoms with van der Waals surface area (Å²) < 4.78 is 12.4. The van der Waals surface area contributed by atoms with Gasteiger partial charge in [-0.3, -0.25) is 4.79 Å². The summed E-state index contributed by atoms with van der Waals surface area (Å²) in [6.45, 7) is 6.12. The van der Waals surface area contributed by atoms with Gasteiger partial charge in [0.15, 0.2) is 6.61 Å². The lowest BCUT2D eigenvalue weighted by Gasteiger charge is -2.11. The Morgan fingerprint density at radius 3 is 2.57 bits per heavy atom. The molecule has 3 aromatic rings. The van der Waals surface area contributed by atoms with Gasteiger partial charge in [-0.05, 0) is 78.3 Å². The summed E-state index contributed by atoms with van der Waals surface area (Å²) in [4.78, 5) is 12.3. The molecule has 0 unspecified atom stereocenters. The molecule has 146 valence electrons. The SMILES string of the molecule is Cc1ccccc1OCc1nnc(SCC(=O)Nc2c(C)cc(I)cc2C)o1. The minimum Gasteiger partial charge on any atom is -0.484 e. The number of aryl methyl sites for hydroxylation is 3. The Kier molecular flexibility index (Phi) is 6.95. The van der Waals surface area contributed by atoms with E-state index in [9.17, 15) is 4.79 Å². The lowest BCUT2D eigenvalue weighted by Crippen LogP contribution is -2.16. The maximum absolute atomic E-state index is 12.3. The first-order chi connectivity index (χ1) is 13.4. The summed E-state index contributed by atoms with van der Waals surface area (Å²) in [7, 11) is 0. The van der Waals surface area contributed by atoms with Gasteiger partial charge >= 0.3 is 0 Å². The van der Waals surface area contributed by atoms with E-state index in [0.29, 0.717) is 11.1 Å². The molecule has 1 aromatic heterocycles. The molecule has 0 saturated carbocycles. The van der Waals surface area contributed by atoms with Crippen LogP contribution in [-0.4, -0.2) is 21.9 Å². The van der Waals surface area contributed by atoms with Crippen LogP contribution in [0, 0.1) is 24.3 Å². The van der Waals surface area contributed by atoms with Gasteiger partial charge in [-0.25, -0.2) is 0 Å². The van der Waals surface area contributed by atoms with Gasteiger partial charge in [-0.1, -0.05) is 30.0 Å². The number of aromatic nitrogens is 2. The molecule has 6 nitrogen and oxygen atoms in total. The van der Waals surface area contributed by atoms with Crippen LogP contribution >= 0.6 is 34.4 Å². The number of anilines is 1. The van der Waals surface area contributed by atoms with Gasteiger partial charge < -0.3 is 14.5 Å². The van der Waals surface area contributed by atoms with E-state index in [-0.39, 0.29) is 18.3 Å². The van der Waals surface area contributed by atoms with Crippen molar-refractivity contribution in [2.45, 2.75) is 32.6 Å². The number of amides is 1. The van der Waals surface area contributed by atoms with E-state index < -0.39 is 0 Å². The summed E-state index contributed by atoms with van der Waals surface area (Å²) in [5, 5.41) is 11.2. The lowest BCUT2D eigenvalue weighted by atomic mass is 10.1. The van der Waals surface area contributed by atoms with Gasteiger partial charge in [-0.2, -0.15) is 0 Å². The molecule has 1 N–H and O–H groups in total. The first kappa shape index (κ1) is 20.7. The number of hydrogen-bond donors (Lipinski definition) is 1. The highest BCUT2D eigenvalue weighted by Crippen LogP contribution is 2.24. The number of ether oxygens (including phenoxy) is 1. The Bertz CT molecular complexity index is 967. The molecule has 0 aliphatic heterocycles. The summed E-state index contributed by atoms with van der Waals surface area (Å²) in [6, 6.07) is 11.8. The Labute approximate surface area is 181 Å². The molecule has 0 saturated heterocycles. The fourth-order valence-electron chi connectivity index (χ4n) is 2.62. The number of carbonyl (C=O) groups excluding carboxylic acids is 1. The molecule has 1 amide bonds. The second-order valence-corrected chi connectivity index (χ2v) is 8.44. The molecule has 28 heavy (non-hydrogen) atoms. The standard InChI is InChI=1S/C20H20IN3O3S/c1-12-6-4-5-7-16(12)26-10-18-23-24-20(27-18)28-11-17(25)22-19-13(2)8-15(21)9-14(19)3/h4-9H,10-11H2,1-3H3,(H,22,25). The van der Waals surface area contributed by atoms with Crippen molar-refractivity contribution in [3.05, 3.63) is 62.5 Å². The zero-order valence-corrected chi connectivity index (χ0v) is 18.8. The molecule has 0 aliphatic carbocycles. The highest BCUT2D eigenvalue weighted by atomic mass is 127. The number of halogens is 1. The molecule has 0 spiro atoms. The van der Waals surface area contributed by atoms with Crippen LogP contribution < -0.4 is 10.1 Å². The Balaban J connectivity index is 1.51. The maximum Gasteiger partial charge on any atom is 0.277 e. The Morgan fingerprint density at radius 1 is 1.14 bits per heavy atom. The molecular weight excluding hydrogens is 489 g/mol. The van der Waals surface area contributed by atoms with Crippen molar-refractivity contribution in [2.24, 2.45) is 0 Å². The van der Waals surface area contributed by atoms with Gasteiger partial charge in [0.05, 0.1) is 5.75 Å². The van der Waals surface area contributed by atoms with Gasteiger partial charge in [0, 0.05) is 9.26 Å². The van der Waals surface area contributed by atoms with Gasteiger partial charge in [0.2, 0.25) is 5.91 Å². The van der Waals surface area contributed by atoms with E-state index in [0.717, 1.165) is 31.7 Å². The third kappa shape index (κ3) is 5.48. The minimum atomic E-state index is -0.117. The van der Waals surface area contributed by atoms with Crippen molar-refractivity contribution in [1.29, 1.82) is 0 Å². The lowest BCUT2D eigenvalue weighted by molar-refractivity contribution is -0.113. The molecule has 0 aliphatic rings. The van der Waals surface area contributed by atoms with Crippen molar-refractivity contribution < 1.29 is 13.9 Å². The predicted molar refractivity (Wildman–Crippen MR) is 118 cm³/mol. The summed E-state index contributed by atoms with van der Waals surface area (Å²) in [6.07, 6.45) is 0. The van der Waals surface area contributed by atoms with Crippen molar-refractivity contribution in [3.63, 3.8) is 0 Å². The molecule has 8 heteroatoms. The van der Waals surface area contributed by atoms with Gasteiger partial charge in [0.25, 0.3) is 11.1 Å². The molecule has 0 bridgehead atoms. The number of rotatable bonds is 7. The molecule has 0 fully saturated rings. The third-order valence-electron chi connectivity index (χ3n) is 3.98. The molecule has 1 heterocycles. The zero-order chi connectivity index (χ0) is 20.1. The van der Waals surface area contributed by atoms with Crippen molar-refractivity contribution in [3.8, 4) is 5.75 Å². The van der Waals surface area contributed by atoms with Crippen LogP contribution in [0.1, 0.15) is 22.6 Å². The van der Waals surface area contributed by atoms with E-state index in [4.69, 9.17) is 9.15 Å². The number of nitrogens with zero attached hydrogens (tertiary/aromatic N) is 2. The molecule has 0 atom stereocenters. The van der Waals surface area contributed by atoms with Crippen LogP contribution in [0.3, 0.4) is 0 Å². The van der Waals surface area contributed by atoms with Crippen molar-refractivity contribution in [2.75, 3.05) is 11.1 Å². The number of thioether (sulfide) groups is 1. The second-order valence-electron chi connectivity index (χ2n) is 6.27. The molecule has 0 radical (unpaired) electrons. The Morgan fingerprint density at radius 2 is 1.86 bits per heavy atom. The topological polar surface area (TPSA) is 77.2 Å². The van der Waals surface area contributed by atoms with E-state index in [1.165, 1.54) is 11.8 Å². The summed E-state index contributed by atoms with van der Waals surface area (Å²) >= 11 is 3.46. The van der Waals surface area contributed by atoms with Crippen LogP contribution in [0.2, 0.25) is 0 Å². The number of nitrogens with one attached hydrogen (secondary N) is 1. The van der Waals surface area contributed by atoms with Crippen molar-refractivity contribution >= 4 is 45.9 Å². The number of carbonyl (C=O) groups is 1. The third-order valence-corrected chi connectivity index (χ3v) is 5.42. The second kappa shape index (κ2) is 9.42. The zero-order valence-electron chi connectivity index (χ0n) is 15.8. The average molecular weight is 509 g/mol. The highest BCUT2D eigenvalue weighted by molar-refractivity contribution is 14.1. The predicted octanol–water partition coefficient (Wildman–Crippen LogP) is 4.91. The normalized spacial score (nSPS) is 10.7. The average Bonchev–Trinajstić information content (AvgIpc) is 3.10. The van der Waals surface area contributed by atoms with Crippen LogP contribution in [0.15, 0.2) is 46.0 Å². The fourth-order valence-corrected chi connectivity index (χ4v) is 4.14. The largest absolute Gasteiger partial charge is 0.484 e. The van der Waals surface area contributed by atoms with Gasteiger partial charge in [0.1, 0.15) is 5.75 Å². The number of benzene rings is 2. The van der Waals surface area contributed by atoms with E-state index in [2.05, 4.69) is 38.1 Å². The van der Waals surface area contributed by atoms with E-state index in [1.807, 2.05) is 57.2 Å². The minimum absolute atomic E-state index is 0.117. The molecule has 3 rings (SSSR count). The van der Waals surface area contributed by atoms with Crippen LogP contribution in [0.4, 0.5) is 5.69 Å². The monoisotopic (exact) mass is 509 g/mol. The summed E-state index contributed by atoms with van der Waals surface area (Å²) in [5.41, 5.74) is 3.96. The Hall–Kier alpha value is -2.07. The van der Waals surface area contributed by atoms with Crippen LogP contribution in [-0.2, 0) is 11.4 Å². The number of hydrogen-bond acceptors (Lipinski definition) is 6. The van der Waals surface area contributed by atoms with Crippen molar-refractivity contribution in [1.82, 2.24) is 10.2 Å². The van der Waals surface area contributed by atoms with Crippen LogP contribution in [0.5, 0.6) is 5.75 Å². The fraction of sp³-hybridized carbons (Fsp3) is 0.250. The van der Waals surface area contributed by atoms with E-state index in [1.54, 1.807) is 0 Å². The first-order valence-corrected chi connectivity index (χ1v) is 10.7. The summed E-state index contributed by atoms with van der Waals surface area (Å²) in [5.74, 6) is 1.21. The smallest absolute Gasteiger partial charge is 0.277 e. The van der Waals surface area contributed by atoms with Gasteiger partial charge in [-0.15, -0.1) is 10.2 Å². The first-order valence-electron chi connectivity index (χ1n) is 8.62. The molecule has 2 aromatic carbocycles. The quantitative estimate of drug-likeness (QED) is 0.361. The van der Waals surface area contributed by atoms with Crippen LogP contribution in [0.25, 0.3) is 0 Å². The maximum atomic E-state index is 12.3. The highest BCUT2D eigenvalue weighted by Gasteiger charge is 2.13.